The molecule has 0 atom stereocenters. The van der Waals surface area contributed by atoms with Gasteiger partial charge in [-0.2, -0.15) is 0 Å². The van der Waals surface area contributed by atoms with Crippen LogP contribution >= 0.6 is 0 Å². The zero-order valence-corrected chi connectivity index (χ0v) is 45.6. The predicted molar refractivity (Wildman–Crippen MR) is 271 cm³/mol. The lowest BCUT2D eigenvalue weighted by atomic mass is 9.77. The molecule has 2 heterocycles. The molecule has 1 aromatic heterocycles. The number of aromatic amines is 1. The largest absolute Gasteiger partial charge is 0.465 e. The van der Waals surface area contributed by atoms with Crippen molar-refractivity contribution < 1.29 is 47.7 Å². The minimum absolute atomic E-state index is 0.00444. The zero-order valence-electron chi connectivity index (χ0n) is 45.6. The van der Waals surface area contributed by atoms with Crippen molar-refractivity contribution in [2.45, 2.75) is 181 Å². The second-order valence-corrected chi connectivity index (χ2v) is 21.4. The fraction of sp³-hybridized carbons (Fsp3) is 0.741. The molecule has 0 fully saturated rings. The first-order chi connectivity index (χ1) is 31.7. The number of ether oxygens (including phenoxy) is 5. The molecule has 1 aliphatic rings. The smallest absolute Gasteiger partial charge is 0.342 e. The number of carbonyl (C=O) groups is 5. The minimum atomic E-state index is -1.09. The van der Waals surface area contributed by atoms with E-state index in [1.807, 2.05) is 125 Å². The Morgan fingerprint density at radius 2 is 1.15 bits per heavy atom. The first-order valence-corrected chi connectivity index (χ1v) is 25.2. The van der Waals surface area contributed by atoms with Crippen LogP contribution in [0.1, 0.15) is 191 Å². The lowest BCUT2D eigenvalue weighted by molar-refractivity contribution is -0.154. The molecule has 68 heavy (non-hydrogen) atoms. The minimum Gasteiger partial charge on any atom is -0.465 e. The van der Waals surface area contributed by atoms with E-state index < -0.39 is 46.3 Å². The highest BCUT2D eigenvalue weighted by molar-refractivity contribution is 6.26. The molecule has 0 aliphatic carbocycles. The Kier molecular flexibility index (Phi) is 22.9. The van der Waals surface area contributed by atoms with Crippen molar-refractivity contribution in [1.29, 1.82) is 0 Å². The number of carbonyl (C=O) groups excluding carboxylic acids is 5. The lowest BCUT2D eigenvalue weighted by Gasteiger charge is -2.30. The van der Waals surface area contributed by atoms with Crippen LogP contribution in [0.3, 0.4) is 0 Å². The number of rotatable bonds is 27. The molecule has 386 valence electrons. The Morgan fingerprint density at radius 3 is 1.57 bits per heavy atom. The molecule has 0 aromatic carbocycles. The van der Waals surface area contributed by atoms with E-state index in [0.29, 0.717) is 61.1 Å². The van der Waals surface area contributed by atoms with Crippen LogP contribution in [0.25, 0.3) is 6.08 Å². The molecule has 0 radical (unpaired) electrons. The average Bonchev–Trinajstić information content (AvgIpc) is 3.81. The van der Waals surface area contributed by atoms with E-state index in [4.69, 9.17) is 28.7 Å². The topological polar surface area (TPSA) is 184 Å². The number of hydrogen-bond donors (Lipinski definition) is 3. The molecule has 2 amide bonds. The number of aliphatic imine (C=N–C) groups is 1. The molecule has 0 unspecified atom stereocenters. The van der Waals surface area contributed by atoms with Gasteiger partial charge in [-0.25, -0.2) is 14.6 Å². The molecular weight excluding hydrogens is 865 g/mol. The summed E-state index contributed by atoms with van der Waals surface area (Å²) in [5, 5.41) is 6.13. The van der Waals surface area contributed by atoms with Gasteiger partial charge < -0.3 is 39.3 Å². The third kappa shape index (κ3) is 14.4. The van der Waals surface area contributed by atoms with Crippen molar-refractivity contribution in [3.05, 3.63) is 33.7 Å². The molecule has 1 aliphatic heterocycles. The number of esters is 3. The normalized spacial score (nSPS) is 14.5. The third-order valence-corrected chi connectivity index (χ3v) is 13.8. The second kappa shape index (κ2) is 26.1. The first-order valence-electron chi connectivity index (χ1n) is 25.2. The predicted octanol–water partition coefficient (Wildman–Crippen LogP) is 11.2. The van der Waals surface area contributed by atoms with Crippen LogP contribution in [0.2, 0.25) is 0 Å². The highest BCUT2D eigenvalue weighted by atomic mass is 16.6. The summed E-state index contributed by atoms with van der Waals surface area (Å²) in [6, 6.07) is 0. The fourth-order valence-corrected chi connectivity index (χ4v) is 9.15. The van der Waals surface area contributed by atoms with Crippen LogP contribution in [0.15, 0.2) is 21.8 Å². The Morgan fingerprint density at radius 1 is 0.662 bits per heavy atom. The standard InChI is InChI=1S/C54H90N4O10/c1-21-52(17,18)51(63)66-27-25-26-53(22-2,23-3)49(61)57-45-41(47(59)67-43(33(9)10)34(11)12)39(31(5)6)37(55-45)28-38-40(32(7)8)42(48(60)68-44(35(13)14)36(15)16)46(56-38)58-50(62)54(24-4,29-64-19)30-65-20/h28,31-36,43-44,55H,21-27,29-30H2,1-20H3,(H,57,61)(H,56,58,62). The van der Waals surface area contributed by atoms with E-state index in [2.05, 4.69) is 15.6 Å². The fourth-order valence-electron chi connectivity index (χ4n) is 9.15. The van der Waals surface area contributed by atoms with Crippen LogP contribution in [0.4, 0.5) is 5.82 Å². The number of allylic oxidation sites excluding steroid dienone is 1. The molecule has 14 nitrogen and oxygen atoms in total. The van der Waals surface area contributed by atoms with Gasteiger partial charge in [-0.3, -0.25) is 14.4 Å². The number of amidine groups is 1. The Labute approximate surface area is 409 Å². The number of nitrogens with one attached hydrogen (secondary N) is 3. The Balaban J connectivity index is 3.03. The SMILES string of the molecule is CCC(C)(C)C(=O)OCCCC(CC)(CC)C(=O)Nc1[nH]c(C=C2N=C(NC(=O)C(CC)(COC)COC)C(C(=O)OC(C(C)C)C(C)C)=C2C(C)C)c(C(C)C)c1C(=O)OC(C(C)C)C(C)C. The quantitative estimate of drug-likeness (QED) is 0.0436. The molecule has 1 aromatic rings. The summed E-state index contributed by atoms with van der Waals surface area (Å²) in [6.45, 7) is 35.5. The number of aromatic nitrogens is 1. The average molecular weight is 955 g/mol. The summed E-state index contributed by atoms with van der Waals surface area (Å²) in [7, 11) is 3.04. The van der Waals surface area contributed by atoms with Crippen molar-refractivity contribution in [2.24, 2.45) is 50.8 Å². The van der Waals surface area contributed by atoms with Gasteiger partial charge in [0.2, 0.25) is 11.8 Å². The summed E-state index contributed by atoms with van der Waals surface area (Å²) in [5.74, 6) is -2.54. The monoisotopic (exact) mass is 955 g/mol. The molecule has 0 bridgehead atoms. The molecule has 0 saturated heterocycles. The number of anilines is 1. The van der Waals surface area contributed by atoms with Crippen LogP contribution < -0.4 is 10.6 Å². The van der Waals surface area contributed by atoms with Crippen LogP contribution in [-0.2, 0) is 42.9 Å². The third-order valence-electron chi connectivity index (χ3n) is 13.8. The van der Waals surface area contributed by atoms with Crippen molar-refractivity contribution in [1.82, 2.24) is 10.3 Å². The summed E-state index contributed by atoms with van der Waals surface area (Å²) >= 11 is 0. The van der Waals surface area contributed by atoms with Crippen LogP contribution in [0.5, 0.6) is 0 Å². The van der Waals surface area contributed by atoms with E-state index in [9.17, 15) is 24.0 Å². The van der Waals surface area contributed by atoms with E-state index in [-0.39, 0.29) is 90.0 Å². The molecular formula is C54H90N4O10. The van der Waals surface area contributed by atoms with E-state index in [0.717, 1.165) is 0 Å². The van der Waals surface area contributed by atoms with Gasteiger partial charge >= 0.3 is 17.9 Å². The maximum Gasteiger partial charge on any atom is 0.342 e. The van der Waals surface area contributed by atoms with Gasteiger partial charge in [-0.1, -0.05) is 111 Å². The van der Waals surface area contributed by atoms with E-state index >= 15 is 0 Å². The van der Waals surface area contributed by atoms with Gasteiger partial charge in [0.25, 0.3) is 0 Å². The summed E-state index contributed by atoms with van der Waals surface area (Å²) in [6.07, 6.45) is 3.84. The van der Waals surface area contributed by atoms with Gasteiger partial charge in [-0.05, 0) is 105 Å². The zero-order chi connectivity index (χ0) is 52.1. The lowest BCUT2D eigenvalue weighted by Crippen LogP contribution is -2.49. The van der Waals surface area contributed by atoms with Crippen molar-refractivity contribution >= 4 is 47.5 Å². The van der Waals surface area contributed by atoms with Gasteiger partial charge in [-0.15, -0.1) is 0 Å². The maximum atomic E-state index is 14.7. The van der Waals surface area contributed by atoms with Gasteiger partial charge in [0.1, 0.15) is 35.0 Å². The summed E-state index contributed by atoms with van der Waals surface area (Å²) in [5.41, 5.74) is -0.278. The molecule has 0 saturated carbocycles. The molecule has 0 spiro atoms. The van der Waals surface area contributed by atoms with E-state index in [1.165, 1.54) is 14.2 Å². The summed E-state index contributed by atoms with van der Waals surface area (Å²) < 4.78 is 29.3. The Hall–Kier alpha value is -4.30. The number of amides is 2. The van der Waals surface area contributed by atoms with Crippen molar-refractivity contribution in [2.75, 3.05) is 39.4 Å². The van der Waals surface area contributed by atoms with Gasteiger partial charge in [0.05, 0.1) is 36.3 Å². The van der Waals surface area contributed by atoms with Crippen molar-refractivity contribution in [3.8, 4) is 0 Å². The highest BCUT2D eigenvalue weighted by Crippen LogP contribution is 2.40. The number of nitrogens with zero attached hydrogens (tertiary/aromatic N) is 1. The van der Waals surface area contributed by atoms with Crippen LogP contribution in [-0.4, -0.2) is 86.8 Å². The first kappa shape index (κ1) is 59.8. The Bertz CT molecular complexity index is 1960. The van der Waals surface area contributed by atoms with Gasteiger partial charge in [0, 0.05) is 25.3 Å². The highest BCUT2D eigenvalue weighted by Gasteiger charge is 2.42. The maximum absolute atomic E-state index is 14.7. The molecule has 2 rings (SSSR count). The molecule has 3 N–H and O–H groups in total. The van der Waals surface area contributed by atoms with E-state index in [1.54, 1.807) is 6.08 Å². The van der Waals surface area contributed by atoms with Crippen LogP contribution in [0, 0.1) is 45.8 Å². The molecule has 14 heteroatoms. The van der Waals surface area contributed by atoms with Gasteiger partial charge in [0.15, 0.2) is 0 Å². The number of H-pyrrole nitrogens is 1. The summed E-state index contributed by atoms with van der Waals surface area (Å²) in [4.78, 5) is 79.6. The second-order valence-electron chi connectivity index (χ2n) is 21.4. The number of hydrogen-bond acceptors (Lipinski definition) is 11. The number of methoxy groups -OCH3 is 2. The van der Waals surface area contributed by atoms with Crippen molar-refractivity contribution in [3.63, 3.8) is 0 Å².